The van der Waals surface area contributed by atoms with Gasteiger partial charge in [-0.15, -0.1) is 0 Å². The molecule has 0 amide bonds. The van der Waals surface area contributed by atoms with Gasteiger partial charge >= 0.3 is 0 Å². The highest BCUT2D eigenvalue weighted by molar-refractivity contribution is 6.30. The molecular formula is C17H21ClN2. The van der Waals surface area contributed by atoms with E-state index < -0.39 is 0 Å². The largest absolute Gasteiger partial charge is 0.382 e. The lowest BCUT2D eigenvalue weighted by Crippen LogP contribution is -2.20. The summed E-state index contributed by atoms with van der Waals surface area (Å²) in [4.78, 5) is 0. The van der Waals surface area contributed by atoms with Crippen molar-refractivity contribution in [1.82, 2.24) is 5.32 Å². The van der Waals surface area contributed by atoms with E-state index in [1.807, 2.05) is 37.3 Å². The van der Waals surface area contributed by atoms with Crippen LogP contribution in [-0.4, -0.2) is 11.8 Å². The van der Waals surface area contributed by atoms with Crippen LogP contribution in [0.1, 0.15) is 38.2 Å². The molecule has 0 aromatic heterocycles. The summed E-state index contributed by atoms with van der Waals surface area (Å²) in [5.41, 5.74) is 3.74. The first-order valence-electron chi connectivity index (χ1n) is 6.97. The molecule has 0 spiro atoms. The normalized spacial score (nSPS) is 17.1. The van der Waals surface area contributed by atoms with Crippen molar-refractivity contribution in [1.29, 1.82) is 5.41 Å². The first-order valence-corrected chi connectivity index (χ1v) is 7.35. The molecule has 2 nitrogen and oxygen atoms in total. The number of benzene rings is 1. The van der Waals surface area contributed by atoms with Crippen molar-refractivity contribution in [2.24, 2.45) is 0 Å². The smallest absolute Gasteiger partial charge is 0.0406 e. The van der Waals surface area contributed by atoms with Crippen molar-refractivity contribution in [2.45, 2.75) is 38.6 Å². The minimum atomic E-state index is 0.143. The molecule has 1 atom stereocenters. The van der Waals surface area contributed by atoms with Gasteiger partial charge in [-0.2, -0.15) is 0 Å². The summed E-state index contributed by atoms with van der Waals surface area (Å²) in [6, 6.07) is 8.38. The molecule has 1 aromatic carbocycles. The number of hydrogen-bond acceptors (Lipinski definition) is 2. The molecule has 1 aliphatic carbocycles. The van der Waals surface area contributed by atoms with Crippen molar-refractivity contribution in [2.75, 3.05) is 0 Å². The highest BCUT2D eigenvalue weighted by atomic mass is 35.5. The predicted octanol–water partition coefficient (Wildman–Crippen LogP) is 4.68. The van der Waals surface area contributed by atoms with Crippen LogP contribution in [0.4, 0.5) is 0 Å². The third kappa shape index (κ3) is 3.51. The van der Waals surface area contributed by atoms with E-state index in [0.717, 1.165) is 21.9 Å². The molecule has 0 aliphatic heterocycles. The lowest BCUT2D eigenvalue weighted by atomic mass is 9.88. The van der Waals surface area contributed by atoms with Gasteiger partial charge in [-0.3, -0.25) is 0 Å². The fraction of sp³-hybridized carbons (Fsp3) is 0.353. The summed E-state index contributed by atoms with van der Waals surface area (Å²) >= 11 is 5.94. The zero-order chi connectivity index (χ0) is 14.7. The molecule has 1 saturated carbocycles. The van der Waals surface area contributed by atoms with Gasteiger partial charge in [0.2, 0.25) is 0 Å². The zero-order valence-electron chi connectivity index (χ0n) is 12.0. The summed E-state index contributed by atoms with van der Waals surface area (Å²) in [6.45, 7) is 7.85. The minimum absolute atomic E-state index is 0.143. The second kappa shape index (κ2) is 6.27. The van der Waals surface area contributed by atoms with E-state index in [0.29, 0.717) is 11.8 Å². The Kier molecular flexibility index (Phi) is 4.66. The standard InChI is InChI=1S/C17H21ClN2/c1-4-16(20-15-9-10-15)17(12(3)19)11(2)13-5-7-14(18)8-6-13/h4-8,11,15,19-20H,1,9-10H2,2-3H3/b17-16-,19-12?. The zero-order valence-corrected chi connectivity index (χ0v) is 12.8. The SMILES string of the molecule is C=C/C(NC1CC1)=C(/C(C)=N)C(C)c1ccc(Cl)cc1. The molecular weight excluding hydrogens is 268 g/mol. The molecule has 1 aliphatic rings. The lowest BCUT2D eigenvalue weighted by Gasteiger charge is -2.20. The summed E-state index contributed by atoms with van der Waals surface area (Å²) in [7, 11) is 0. The summed E-state index contributed by atoms with van der Waals surface area (Å²) in [6.07, 6.45) is 4.24. The van der Waals surface area contributed by atoms with E-state index in [-0.39, 0.29) is 5.92 Å². The second-order valence-corrected chi connectivity index (χ2v) is 5.78. The van der Waals surface area contributed by atoms with Crippen LogP contribution in [0.3, 0.4) is 0 Å². The Bertz CT molecular complexity index is 539. The maximum absolute atomic E-state index is 8.10. The Balaban J connectivity index is 2.35. The van der Waals surface area contributed by atoms with Gasteiger partial charge in [0.25, 0.3) is 0 Å². The van der Waals surface area contributed by atoms with Crippen LogP contribution < -0.4 is 5.32 Å². The third-order valence-electron chi connectivity index (χ3n) is 3.64. The first-order chi connectivity index (χ1) is 9.52. The molecule has 1 aromatic rings. The summed E-state index contributed by atoms with van der Waals surface area (Å²) in [5.74, 6) is 0.143. The van der Waals surface area contributed by atoms with Crippen molar-refractivity contribution in [3.8, 4) is 0 Å². The van der Waals surface area contributed by atoms with E-state index in [1.165, 1.54) is 12.8 Å². The van der Waals surface area contributed by atoms with E-state index in [4.69, 9.17) is 17.0 Å². The Morgan fingerprint density at radius 1 is 1.40 bits per heavy atom. The Hall–Kier alpha value is -1.54. The van der Waals surface area contributed by atoms with Crippen LogP contribution in [0.2, 0.25) is 5.02 Å². The quantitative estimate of drug-likeness (QED) is 0.579. The molecule has 1 unspecified atom stereocenters. The highest BCUT2D eigenvalue weighted by Crippen LogP contribution is 2.30. The van der Waals surface area contributed by atoms with Crippen molar-refractivity contribution < 1.29 is 0 Å². The summed E-state index contributed by atoms with van der Waals surface area (Å²) < 4.78 is 0. The average molecular weight is 289 g/mol. The van der Waals surface area contributed by atoms with Gasteiger partial charge in [-0.25, -0.2) is 0 Å². The van der Waals surface area contributed by atoms with E-state index in [1.54, 1.807) is 0 Å². The van der Waals surface area contributed by atoms with E-state index in [2.05, 4.69) is 18.8 Å². The fourth-order valence-corrected chi connectivity index (χ4v) is 2.50. The van der Waals surface area contributed by atoms with Gasteiger partial charge in [-0.1, -0.05) is 37.2 Å². The summed E-state index contributed by atoms with van der Waals surface area (Å²) in [5, 5.41) is 12.3. The van der Waals surface area contributed by atoms with Gasteiger partial charge < -0.3 is 10.7 Å². The van der Waals surface area contributed by atoms with E-state index in [9.17, 15) is 0 Å². The highest BCUT2D eigenvalue weighted by Gasteiger charge is 2.24. The molecule has 0 heterocycles. The predicted molar refractivity (Wildman–Crippen MR) is 86.6 cm³/mol. The molecule has 0 saturated heterocycles. The number of halogens is 1. The van der Waals surface area contributed by atoms with Gasteiger partial charge in [0, 0.05) is 34.0 Å². The lowest BCUT2D eigenvalue weighted by molar-refractivity contribution is 0.795. The van der Waals surface area contributed by atoms with Crippen molar-refractivity contribution in [3.05, 3.63) is 58.8 Å². The Morgan fingerprint density at radius 2 is 2.00 bits per heavy atom. The average Bonchev–Trinajstić information content (AvgIpc) is 3.22. The Labute approximate surface area is 126 Å². The monoisotopic (exact) mass is 288 g/mol. The van der Waals surface area contributed by atoms with Crippen LogP contribution in [0.15, 0.2) is 48.2 Å². The van der Waals surface area contributed by atoms with Crippen LogP contribution in [0.5, 0.6) is 0 Å². The fourth-order valence-electron chi connectivity index (χ4n) is 2.37. The van der Waals surface area contributed by atoms with Gasteiger partial charge in [-0.05, 0) is 43.5 Å². The molecule has 0 radical (unpaired) electrons. The minimum Gasteiger partial charge on any atom is -0.382 e. The van der Waals surface area contributed by atoms with Gasteiger partial charge in [0.1, 0.15) is 0 Å². The molecule has 2 rings (SSSR count). The van der Waals surface area contributed by atoms with E-state index >= 15 is 0 Å². The number of allylic oxidation sites excluding steroid dienone is 2. The van der Waals surface area contributed by atoms with Gasteiger partial charge in [0.15, 0.2) is 0 Å². The van der Waals surface area contributed by atoms with Crippen molar-refractivity contribution in [3.63, 3.8) is 0 Å². The van der Waals surface area contributed by atoms with Crippen LogP contribution in [0.25, 0.3) is 0 Å². The Morgan fingerprint density at radius 3 is 2.45 bits per heavy atom. The molecule has 3 heteroatoms. The molecule has 106 valence electrons. The molecule has 1 fully saturated rings. The van der Waals surface area contributed by atoms with Crippen LogP contribution in [-0.2, 0) is 0 Å². The van der Waals surface area contributed by atoms with Crippen molar-refractivity contribution >= 4 is 17.3 Å². The molecule has 0 bridgehead atoms. The number of nitrogens with one attached hydrogen (secondary N) is 2. The number of rotatable bonds is 6. The topological polar surface area (TPSA) is 35.9 Å². The first kappa shape index (κ1) is 14.9. The van der Waals surface area contributed by atoms with Crippen LogP contribution >= 0.6 is 11.6 Å². The number of hydrogen-bond donors (Lipinski definition) is 2. The maximum Gasteiger partial charge on any atom is 0.0406 e. The van der Waals surface area contributed by atoms with Crippen LogP contribution in [0, 0.1) is 5.41 Å². The van der Waals surface area contributed by atoms with Gasteiger partial charge in [0.05, 0.1) is 0 Å². The third-order valence-corrected chi connectivity index (χ3v) is 3.89. The second-order valence-electron chi connectivity index (χ2n) is 5.35. The maximum atomic E-state index is 8.10. The molecule has 2 N–H and O–H groups in total. The molecule has 20 heavy (non-hydrogen) atoms.